The minimum atomic E-state index is 0.531. The zero-order valence-corrected chi connectivity index (χ0v) is 5.25. The first-order valence-electron chi connectivity index (χ1n) is 3.03. The summed E-state index contributed by atoms with van der Waals surface area (Å²) in [5.74, 6) is 0. The van der Waals surface area contributed by atoms with Gasteiger partial charge < -0.3 is 11.5 Å². The quantitative estimate of drug-likeness (QED) is 0.509. The van der Waals surface area contributed by atoms with Gasteiger partial charge in [0.25, 0.3) is 0 Å². The lowest BCUT2D eigenvalue weighted by Gasteiger charge is -1.86. The van der Waals surface area contributed by atoms with Gasteiger partial charge in [0.2, 0.25) is 0 Å². The highest BCUT2D eigenvalue weighted by Crippen LogP contribution is 2.22. The van der Waals surface area contributed by atoms with Crippen LogP contribution in [0, 0.1) is 0 Å². The fourth-order valence-corrected chi connectivity index (χ4v) is 0.458. The number of nitrogens with two attached hydrogens (primary N) is 2. The topological polar surface area (TPSA) is 64.4 Å². The highest BCUT2D eigenvalue weighted by atomic mass is 14.8. The van der Waals surface area contributed by atoms with E-state index in [2.05, 4.69) is 4.99 Å². The summed E-state index contributed by atoms with van der Waals surface area (Å²) in [5, 5.41) is 0. The van der Waals surface area contributed by atoms with Crippen LogP contribution in [0.1, 0.15) is 12.8 Å². The summed E-state index contributed by atoms with van der Waals surface area (Å²) in [7, 11) is 0. The third-order valence-electron chi connectivity index (χ3n) is 1.17. The van der Waals surface area contributed by atoms with Crippen molar-refractivity contribution in [1.82, 2.24) is 0 Å². The average Bonchev–Trinajstić information content (AvgIpc) is 2.65. The molecule has 0 aromatic rings. The van der Waals surface area contributed by atoms with Crippen LogP contribution in [-0.2, 0) is 0 Å². The molecule has 0 aromatic carbocycles. The lowest BCUT2D eigenvalue weighted by Crippen LogP contribution is -2.01. The van der Waals surface area contributed by atoms with Crippen LogP contribution >= 0.6 is 0 Å². The van der Waals surface area contributed by atoms with Crippen molar-refractivity contribution in [2.45, 2.75) is 18.9 Å². The van der Waals surface area contributed by atoms with E-state index in [1.807, 2.05) is 0 Å². The first kappa shape index (κ1) is 6.13. The Kier molecular flexibility index (Phi) is 1.72. The van der Waals surface area contributed by atoms with Crippen LogP contribution in [0.4, 0.5) is 0 Å². The van der Waals surface area contributed by atoms with E-state index in [1.54, 1.807) is 6.21 Å². The maximum atomic E-state index is 5.34. The molecule has 0 saturated heterocycles. The first-order chi connectivity index (χ1) is 4.33. The third-order valence-corrected chi connectivity index (χ3v) is 1.17. The summed E-state index contributed by atoms with van der Waals surface area (Å²) in [5.41, 5.74) is 11.0. The number of nitrogens with zero attached hydrogens (tertiary/aromatic N) is 1. The van der Waals surface area contributed by atoms with Gasteiger partial charge in [0.1, 0.15) is 0 Å². The van der Waals surface area contributed by atoms with E-state index in [1.165, 1.54) is 19.0 Å². The Bertz CT molecular complexity index is 144. The standard InChI is InChI=1S/C6H11N3/c7-3-5(8)4-9-6-1-2-6/h3-4,6H,1-2,7-8H2/b5-3+,9-4?. The molecule has 1 aliphatic rings. The molecular formula is C6H11N3. The van der Waals surface area contributed by atoms with Gasteiger partial charge in [-0.1, -0.05) is 0 Å². The number of allylic oxidation sites excluding steroid dienone is 1. The van der Waals surface area contributed by atoms with Gasteiger partial charge >= 0.3 is 0 Å². The summed E-state index contributed by atoms with van der Waals surface area (Å²) in [4.78, 5) is 4.11. The molecule has 0 radical (unpaired) electrons. The number of hydrogen-bond donors (Lipinski definition) is 2. The summed E-state index contributed by atoms with van der Waals surface area (Å²) in [6, 6.07) is 0.531. The van der Waals surface area contributed by atoms with Gasteiger partial charge in [0.05, 0.1) is 11.7 Å². The van der Waals surface area contributed by atoms with Crippen molar-refractivity contribution in [1.29, 1.82) is 0 Å². The normalized spacial score (nSPS) is 21.1. The number of rotatable bonds is 2. The fraction of sp³-hybridized carbons (Fsp3) is 0.500. The second kappa shape index (κ2) is 2.53. The molecule has 0 spiro atoms. The Morgan fingerprint density at radius 3 is 2.67 bits per heavy atom. The third kappa shape index (κ3) is 2.17. The molecular weight excluding hydrogens is 114 g/mol. The van der Waals surface area contributed by atoms with Crippen LogP contribution in [0.3, 0.4) is 0 Å². The van der Waals surface area contributed by atoms with Gasteiger partial charge in [-0.2, -0.15) is 0 Å². The average molecular weight is 125 g/mol. The van der Waals surface area contributed by atoms with Gasteiger partial charge in [-0.15, -0.1) is 0 Å². The summed E-state index contributed by atoms with van der Waals surface area (Å²) in [6.07, 6.45) is 5.38. The molecule has 50 valence electrons. The molecule has 4 N–H and O–H groups in total. The van der Waals surface area contributed by atoms with Gasteiger partial charge in [-0.05, 0) is 12.8 Å². The number of hydrogen-bond acceptors (Lipinski definition) is 3. The van der Waals surface area contributed by atoms with E-state index in [0.29, 0.717) is 11.7 Å². The van der Waals surface area contributed by atoms with E-state index >= 15 is 0 Å². The van der Waals surface area contributed by atoms with Crippen LogP contribution < -0.4 is 11.5 Å². The predicted molar refractivity (Wildman–Crippen MR) is 38.0 cm³/mol. The second-order valence-corrected chi connectivity index (χ2v) is 2.18. The molecule has 1 aliphatic carbocycles. The zero-order chi connectivity index (χ0) is 6.69. The van der Waals surface area contributed by atoms with E-state index in [4.69, 9.17) is 11.5 Å². The highest BCUT2D eigenvalue weighted by molar-refractivity contribution is 5.77. The van der Waals surface area contributed by atoms with Gasteiger partial charge in [0.15, 0.2) is 0 Å². The molecule has 9 heavy (non-hydrogen) atoms. The van der Waals surface area contributed by atoms with Crippen molar-refractivity contribution < 1.29 is 0 Å². The van der Waals surface area contributed by atoms with Crippen LogP contribution in [0.5, 0.6) is 0 Å². The summed E-state index contributed by atoms with van der Waals surface area (Å²) in [6.45, 7) is 0. The number of aliphatic imine (C=N–C) groups is 1. The molecule has 0 aromatic heterocycles. The Morgan fingerprint density at radius 1 is 1.56 bits per heavy atom. The van der Waals surface area contributed by atoms with Crippen LogP contribution in [0.25, 0.3) is 0 Å². The van der Waals surface area contributed by atoms with E-state index in [9.17, 15) is 0 Å². The van der Waals surface area contributed by atoms with Crippen molar-refractivity contribution in [2.24, 2.45) is 16.5 Å². The maximum absolute atomic E-state index is 5.34. The van der Waals surface area contributed by atoms with Crippen molar-refractivity contribution in [2.75, 3.05) is 0 Å². The SMILES string of the molecule is N/C=C(/N)C=NC1CC1. The molecule has 0 aliphatic heterocycles. The smallest absolute Gasteiger partial charge is 0.0653 e. The predicted octanol–water partition coefficient (Wildman–Crippen LogP) is -0.0216. The lowest BCUT2D eigenvalue weighted by atomic mass is 10.5. The first-order valence-corrected chi connectivity index (χ1v) is 3.03. The fourth-order valence-electron chi connectivity index (χ4n) is 0.458. The maximum Gasteiger partial charge on any atom is 0.0653 e. The highest BCUT2D eigenvalue weighted by Gasteiger charge is 2.18. The molecule has 0 amide bonds. The lowest BCUT2D eigenvalue weighted by molar-refractivity contribution is 1.07. The minimum absolute atomic E-state index is 0.531. The molecule has 0 unspecified atom stereocenters. The van der Waals surface area contributed by atoms with E-state index in [0.717, 1.165) is 0 Å². The van der Waals surface area contributed by atoms with Gasteiger partial charge in [-0.25, -0.2) is 0 Å². The van der Waals surface area contributed by atoms with Crippen LogP contribution in [0.15, 0.2) is 16.9 Å². The molecule has 1 rings (SSSR count). The molecule has 0 bridgehead atoms. The Morgan fingerprint density at radius 2 is 2.22 bits per heavy atom. The largest absolute Gasteiger partial charge is 0.403 e. The molecule has 1 saturated carbocycles. The Balaban J connectivity index is 2.29. The Labute approximate surface area is 54.4 Å². The van der Waals surface area contributed by atoms with Crippen LogP contribution in [0.2, 0.25) is 0 Å². The van der Waals surface area contributed by atoms with Crippen LogP contribution in [-0.4, -0.2) is 12.3 Å². The van der Waals surface area contributed by atoms with E-state index in [-0.39, 0.29) is 0 Å². The Hall–Kier alpha value is -0.990. The van der Waals surface area contributed by atoms with Crippen molar-refractivity contribution in [3.63, 3.8) is 0 Å². The van der Waals surface area contributed by atoms with Gasteiger partial charge in [-0.3, -0.25) is 4.99 Å². The zero-order valence-electron chi connectivity index (χ0n) is 5.25. The monoisotopic (exact) mass is 125 g/mol. The van der Waals surface area contributed by atoms with Crippen molar-refractivity contribution in [3.8, 4) is 0 Å². The molecule has 3 nitrogen and oxygen atoms in total. The molecule has 3 heteroatoms. The van der Waals surface area contributed by atoms with E-state index < -0.39 is 0 Å². The second-order valence-electron chi connectivity index (χ2n) is 2.18. The van der Waals surface area contributed by atoms with Gasteiger partial charge in [0, 0.05) is 12.4 Å². The van der Waals surface area contributed by atoms with Crippen molar-refractivity contribution in [3.05, 3.63) is 11.9 Å². The molecule has 1 fully saturated rings. The molecule has 0 heterocycles. The summed E-state index contributed by atoms with van der Waals surface area (Å²) < 4.78 is 0. The summed E-state index contributed by atoms with van der Waals surface area (Å²) >= 11 is 0. The molecule has 0 atom stereocenters. The minimum Gasteiger partial charge on any atom is -0.403 e. The van der Waals surface area contributed by atoms with Crippen molar-refractivity contribution >= 4 is 6.21 Å².